The number of rotatable bonds is 1. The summed E-state index contributed by atoms with van der Waals surface area (Å²) in [5, 5.41) is 0. The summed E-state index contributed by atoms with van der Waals surface area (Å²) in [4.78, 5) is 4.77. The number of nitrogens with zero attached hydrogens (tertiary/aromatic N) is 1. The van der Waals surface area contributed by atoms with Crippen molar-refractivity contribution in [3.8, 4) is 0 Å². The Morgan fingerprint density at radius 1 is 1.38 bits per heavy atom. The summed E-state index contributed by atoms with van der Waals surface area (Å²) in [5.41, 5.74) is 0.697. The lowest BCUT2D eigenvalue weighted by molar-refractivity contribution is 0.0288. The van der Waals surface area contributed by atoms with E-state index < -0.39 is 0 Å². The highest BCUT2D eigenvalue weighted by molar-refractivity contribution is 5.89. The van der Waals surface area contributed by atoms with Crippen molar-refractivity contribution < 1.29 is 4.74 Å². The smallest absolute Gasteiger partial charge is 0.208 e. The van der Waals surface area contributed by atoms with Crippen molar-refractivity contribution in [2.24, 2.45) is 21.7 Å². The fourth-order valence-electron chi connectivity index (χ4n) is 4.15. The molecule has 0 aromatic rings. The molecule has 3 rings (SSSR count). The molecule has 16 heavy (non-hydrogen) atoms. The van der Waals surface area contributed by atoms with Crippen molar-refractivity contribution in [2.75, 3.05) is 0 Å². The second kappa shape index (κ2) is 2.91. The van der Waals surface area contributed by atoms with E-state index >= 15 is 0 Å². The second-order valence-electron chi connectivity index (χ2n) is 6.28. The first-order valence-corrected chi connectivity index (χ1v) is 6.38. The normalized spacial score (nSPS) is 48.2. The van der Waals surface area contributed by atoms with Crippen LogP contribution >= 0.6 is 0 Å². The summed E-state index contributed by atoms with van der Waals surface area (Å²) >= 11 is 0. The minimum Gasteiger partial charge on any atom is -0.472 e. The molecule has 2 aliphatic carbocycles. The molecule has 2 heteroatoms. The standard InChI is InChI=1S/C14H21NO/c1-5-6-10-15-11-9-7-8-14(4,12(11)16-10)13(9,2)3/h5-6,9,11-12H,7-8H2,1-4H3/b6-5+/t9?,11?,12-,14?/m1/s1. The van der Waals surface area contributed by atoms with Crippen molar-refractivity contribution >= 4 is 5.90 Å². The van der Waals surface area contributed by atoms with Gasteiger partial charge >= 0.3 is 0 Å². The first-order chi connectivity index (χ1) is 7.50. The van der Waals surface area contributed by atoms with Gasteiger partial charge in [-0.25, -0.2) is 4.99 Å². The average Bonchev–Trinajstić information content (AvgIpc) is 2.75. The van der Waals surface area contributed by atoms with Crippen LogP contribution in [0.3, 0.4) is 0 Å². The summed E-state index contributed by atoms with van der Waals surface area (Å²) in [5.74, 6) is 1.57. The minimum absolute atomic E-state index is 0.315. The largest absolute Gasteiger partial charge is 0.472 e. The van der Waals surface area contributed by atoms with E-state index in [9.17, 15) is 0 Å². The van der Waals surface area contributed by atoms with Crippen LogP contribution in [-0.4, -0.2) is 18.0 Å². The highest BCUT2D eigenvalue weighted by atomic mass is 16.5. The van der Waals surface area contributed by atoms with E-state index in [0.717, 1.165) is 5.90 Å². The van der Waals surface area contributed by atoms with E-state index in [1.807, 2.05) is 19.1 Å². The maximum Gasteiger partial charge on any atom is 0.208 e. The number of hydrogen-bond donors (Lipinski definition) is 0. The van der Waals surface area contributed by atoms with Crippen LogP contribution in [0.5, 0.6) is 0 Å². The van der Waals surface area contributed by atoms with E-state index in [2.05, 4.69) is 20.8 Å². The van der Waals surface area contributed by atoms with Crippen molar-refractivity contribution in [2.45, 2.75) is 52.7 Å². The summed E-state index contributed by atoms with van der Waals surface area (Å²) in [7, 11) is 0. The van der Waals surface area contributed by atoms with Crippen LogP contribution in [0.1, 0.15) is 40.5 Å². The zero-order valence-electron chi connectivity index (χ0n) is 10.7. The zero-order valence-corrected chi connectivity index (χ0v) is 10.7. The molecule has 2 fully saturated rings. The van der Waals surface area contributed by atoms with Gasteiger partial charge in [-0.05, 0) is 37.2 Å². The van der Waals surface area contributed by atoms with Gasteiger partial charge in [-0.3, -0.25) is 0 Å². The Morgan fingerprint density at radius 3 is 2.75 bits per heavy atom. The van der Waals surface area contributed by atoms with E-state index in [-0.39, 0.29) is 0 Å². The van der Waals surface area contributed by atoms with Gasteiger partial charge in [0.15, 0.2) is 0 Å². The Balaban J connectivity index is 1.98. The average molecular weight is 219 g/mol. The molecule has 2 nitrogen and oxygen atoms in total. The van der Waals surface area contributed by atoms with Gasteiger partial charge in [0.2, 0.25) is 5.90 Å². The lowest BCUT2D eigenvalue weighted by atomic mass is 9.70. The number of allylic oxidation sites excluding steroid dienone is 1. The molecule has 0 aromatic heterocycles. The number of hydrogen-bond acceptors (Lipinski definition) is 2. The molecular formula is C14H21NO. The van der Waals surface area contributed by atoms with Gasteiger partial charge in [0.05, 0.1) is 6.04 Å². The maximum absolute atomic E-state index is 6.06. The Labute approximate surface area is 97.8 Å². The number of fused-ring (bicyclic) bond motifs is 5. The predicted molar refractivity (Wildman–Crippen MR) is 65.5 cm³/mol. The molecule has 4 atom stereocenters. The molecule has 0 N–H and O–H groups in total. The van der Waals surface area contributed by atoms with Crippen LogP contribution in [0.4, 0.5) is 0 Å². The van der Waals surface area contributed by atoms with Crippen molar-refractivity contribution in [1.29, 1.82) is 0 Å². The summed E-state index contributed by atoms with van der Waals surface area (Å²) in [6, 6.07) is 0.417. The highest BCUT2D eigenvalue weighted by Crippen LogP contribution is 2.67. The molecular weight excluding hydrogens is 198 g/mol. The topological polar surface area (TPSA) is 21.6 Å². The first kappa shape index (κ1) is 10.4. The van der Waals surface area contributed by atoms with E-state index in [4.69, 9.17) is 9.73 Å². The minimum atomic E-state index is 0.315. The van der Waals surface area contributed by atoms with Gasteiger partial charge in [0.1, 0.15) is 6.10 Å². The SMILES string of the molecule is C/C=C/C1=NC2C3CCC(C)([C@@H]2O1)C3(C)C. The van der Waals surface area contributed by atoms with Crippen molar-refractivity contribution in [3.63, 3.8) is 0 Å². The fraction of sp³-hybridized carbons (Fsp3) is 0.786. The van der Waals surface area contributed by atoms with Crippen LogP contribution in [0.15, 0.2) is 17.1 Å². The molecule has 0 spiro atoms. The monoisotopic (exact) mass is 219 g/mol. The van der Waals surface area contributed by atoms with Crippen molar-refractivity contribution in [3.05, 3.63) is 12.2 Å². The van der Waals surface area contributed by atoms with E-state index in [1.54, 1.807) is 0 Å². The summed E-state index contributed by atoms with van der Waals surface area (Å²) in [6.45, 7) is 9.21. The van der Waals surface area contributed by atoms with Gasteiger partial charge in [-0.15, -0.1) is 0 Å². The molecule has 0 saturated heterocycles. The molecule has 0 aromatic carbocycles. The van der Waals surface area contributed by atoms with Crippen LogP contribution < -0.4 is 0 Å². The van der Waals surface area contributed by atoms with Crippen LogP contribution in [0.25, 0.3) is 0 Å². The van der Waals surface area contributed by atoms with Gasteiger partial charge < -0.3 is 4.74 Å². The van der Waals surface area contributed by atoms with Crippen LogP contribution in [-0.2, 0) is 4.74 Å². The lowest BCUT2D eigenvalue weighted by Gasteiger charge is -2.37. The molecule has 0 radical (unpaired) electrons. The Kier molecular flexibility index (Phi) is 1.88. The molecule has 3 aliphatic rings. The Morgan fingerprint density at radius 2 is 2.12 bits per heavy atom. The second-order valence-corrected chi connectivity index (χ2v) is 6.28. The molecule has 1 aliphatic heterocycles. The molecule has 2 bridgehead atoms. The van der Waals surface area contributed by atoms with Crippen LogP contribution in [0, 0.1) is 16.7 Å². The summed E-state index contributed by atoms with van der Waals surface area (Å²) < 4.78 is 6.06. The fourth-order valence-corrected chi connectivity index (χ4v) is 4.15. The first-order valence-electron chi connectivity index (χ1n) is 6.38. The third-order valence-corrected chi connectivity index (χ3v) is 5.56. The molecule has 2 saturated carbocycles. The van der Waals surface area contributed by atoms with Gasteiger partial charge in [0.25, 0.3) is 0 Å². The van der Waals surface area contributed by atoms with Crippen LogP contribution in [0.2, 0.25) is 0 Å². The predicted octanol–water partition coefficient (Wildman–Crippen LogP) is 3.18. The quantitative estimate of drug-likeness (QED) is 0.663. The zero-order chi connectivity index (χ0) is 11.6. The molecule has 3 unspecified atom stereocenters. The Hall–Kier alpha value is -0.790. The lowest BCUT2D eigenvalue weighted by Crippen LogP contribution is -2.39. The third kappa shape index (κ3) is 0.964. The number of ether oxygens (including phenoxy) is 1. The van der Waals surface area contributed by atoms with E-state index in [0.29, 0.717) is 28.9 Å². The molecule has 1 heterocycles. The Bertz CT molecular complexity index is 382. The van der Waals surface area contributed by atoms with Gasteiger partial charge in [0, 0.05) is 5.41 Å². The number of aliphatic imine (C=N–C) groups is 1. The maximum atomic E-state index is 6.06. The third-order valence-electron chi connectivity index (χ3n) is 5.56. The van der Waals surface area contributed by atoms with Gasteiger partial charge in [-0.2, -0.15) is 0 Å². The molecule has 0 amide bonds. The highest BCUT2D eigenvalue weighted by Gasteiger charge is 2.69. The summed E-state index contributed by atoms with van der Waals surface area (Å²) in [6.07, 6.45) is 6.95. The van der Waals surface area contributed by atoms with Crippen molar-refractivity contribution in [1.82, 2.24) is 0 Å². The van der Waals surface area contributed by atoms with E-state index in [1.165, 1.54) is 12.8 Å². The molecule has 88 valence electrons. The van der Waals surface area contributed by atoms with Gasteiger partial charge in [-0.1, -0.05) is 26.8 Å².